The lowest BCUT2D eigenvalue weighted by Gasteiger charge is -2.33. The Morgan fingerprint density at radius 3 is 2.76 bits per heavy atom. The quantitative estimate of drug-likeness (QED) is 0.510. The molecule has 38 heavy (non-hydrogen) atoms. The molecule has 0 radical (unpaired) electrons. The van der Waals surface area contributed by atoms with Crippen molar-refractivity contribution in [3.05, 3.63) is 59.2 Å². The molecule has 0 spiro atoms. The maximum atomic E-state index is 15.0. The minimum atomic E-state index is -0.811. The molecule has 2 aliphatic rings. The van der Waals surface area contributed by atoms with Crippen molar-refractivity contribution in [3.63, 3.8) is 0 Å². The molecule has 196 valence electrons. The van der Waals surface area contributed by atoms with Crippen LogP contribution >= 0.6 is 0 Å². The average molecular weight is 519 g/mol. The summed E-state index contributed by atoms with van der Waals surface area (Å²) in [5.74, 6) is -0.529. The first-order valence-electron chi connectivity index (χ1n) is 12.3. The van der Waals surface area contributed by atoms with Crippen molar-refractivity contribution in [2.75, 3.05) is 24.7 Å². The number of imide groups is 1. The van der Waals surface area contributed by atoms with Crippen molar-refractivity contribution in [1.29, 1.82) is 5.26 Å². The summed E-state index contributed by atoms with van der Waals surface area (Å²) in [5, 5.41) is 14.3. The molecule has 1 aromatic carbocycles. The van der Waals surface area contributed by atoms with Gasteiger partial charge >= 0.3 is 6.09 Å². The second kappa shape index (κ2) is 9.54. The predicted octanol–water partition coefficient (Wildman–Crippen LogP) is 4.06. The lowest BCUT2D eigenvalue weighted by atomic mass is 10.0. The van der Waals surface area contributed by atoms with Crippen LogP contribution in [0.15, 0.2) is 36.5 Å². The summed E-state index contributed by atoms with van der Waals surface area (Å²) in [5.41, 5.74) is 0.200. The Kier molecular flexibility index (Phi) is 6.36. The molecule has 11 heteroatoms. The Hall–Kier alpha value is -4.30. The zero-order valence-corrected chi connectivity index (χ0v) is 21.6. The fourth-order valence-electron chi connectivity index (χ4n) is 4.61. The zero-order valence-electron chi connectivity index (χ0n) is 21.6. The van der Waals surface area contributed by atoms with Gasteiger partial charge in [0.25, 0.3) is 5.91 Å². The van der Waals surface area contributed by atoms with Crippen molar-refractivity contribution >= 4 is 17.8 Å². The van der Waals surface area contributed by atoms with E-state index in [-0.39, 0.29) is 40.7 Å². The fourth-order valence-corrected chi connectivity index (χ4v) is 4.61. The van der Waals surface area contributed by atoms with Gasteiger partial charge in [-0.05, 0) is 45.9 Å². The van der Waals surface area contributed by atoms with E-state index in [0.29, 0.717) is 31.3 Å². The van der Waals surface area contributed by atoms with Crippen molar-refractivity contribution in [1.82, 2.24) is 19.7 Å². The number of pyridine rings is 1. The third kappa shape index (κ3) is 4.59. The first-order chi connectivity index (χ1) is 18.1. The molecule has 5 rings (SSSR count). The van der Waals surface area contributed by atoms with Gasteiger partial charge in [0.15, 0.2) is 5.82 Å². The summed E-state index contributed by atoms with van der Waals surface area (Å²) < 4.78 is 27.5. The normalized spacial score (nSPS) is 17.4. The zero-order chi connectivity index (χ0) is 27.2. The van der Waals surface area contributed by atoms with Gasteiger partial charge < -0.3 is 14.4 Å². The van der Waals surface area contributed by atoms with Crippen LogP contribution in [0.1, 0.15) is 49.3 Å². The third-order valence-corrected chi connectivity index (χ3v) is 6.33. The minimum Gasteiger partial charge on any atom is -0.443 e. The molecule has 2 aromatic heterocycles. The smallest absolute Gasteiger partial charge is 0.417 e. The second-order valence-electron chi connectivity index (χ2n) is 10.2. The van der Waals surface area contributed by atoms with Gasteiger partial charge in [-0.3, -0.25) is 4.79 Å². The van der Waals surface area contributed by atoms with Crippen molar-refractivity contribution in [3.8, 4) is 23.0 Å². The number of carbonyl (C=O) groups excluding carboxylic acids is 2. The number of morpholine rings is 1. The van der Waals surface area contributed by atoms with E-state index in [9.17, 15) is 19.2 Å². The lowest BCUT2D eigenvalue weighted by molar-refractivity contribution is 0.0247. The molecule has 2 amide bonds. The van der Waals surface area contributed by atoms with Crippen LogP contribution in [0.25, 0.3) is 16.9 Å². The molecule has 3 aromatic rings. The highest BCUT2D eigenvalue weighted by Crippen LogP contribution is 2.34. The topological polar surface area (TPSA) is 114 Å². The van der Waals surface area contributed by atoms with Crippen LogP contribution in [0.5, 0.6) is 0 Å². The summed E-state index contributed by atoms with van der Waals surface area (Å²) in [7, 11) is 0. The van der Waals surface area contributed by atoms with Gasteiger partial charge in [-0.25, -0.2) is 23.8 Å². The van der Waals surface area contributed by atoms with E-state index in [1.807, 2.05) is 19.1 Å². The number of ether oxygens (including phenoxy) is 2. The van der Waals surface area contributed by atoms with E-state index in [2.05, 4.69) is 9.88 Å². The van der Waals surface area contributed by atoms with Crippen LogP contribution in [-0.4, -0.2) is 63.1 Å². The molecule has 0 unspecified atom stereocenters. The molecule has 1 saturated heterocycles. The molecule has 1 fully saturated rings. The van der Waals surface area contributed by atoms with Crippen LogP contribution in [0.4, 0.5) is 15.0 Å². The van der Waals surface area contributed by atoms with Gasteiger partial charge in [-0.15, -0.1) is 0 Å². The van der Waals surface area contributed by atoms with Crippen LogP contribution in [0, 0.1) is 17.1 Å². The maximum Gasteiger partial charge on any atom is 0.417 e. The van der Waals surface area contributed by atoms with Gasteiger partial charge in [-0.1, -0.05) is 6.07 Å². The molecule has 0 bridgehead atoms. The fraction of sp³-hybridized carbons (Fsp3) is 0.370. The number of hydrogen-bond acceptors (Lipinski definition) is 8. The van der Waals surface area contributed by atoms with E-state index >= 15 is 0 Å². The number of halogens is 1. The molecule has 1 atom stereocenters. The molecule has 0 aliphatic carbocycles. The van der Waals surface area contributed by atoms with E-state index < -0.39 is 23.4 Å². The van der Waals surface area contributed by atoms with Gasteiger partial charge in [0, 0.05) is 18.8 Å². The number of benzene rings is 1. The molecular formula is C27H27FN6O4. The Morgan fingerprint density at radius 2 is 2.05 bits per heavy atom. The minimum absolute atomic E-state index is 0.0106. The van der Waals surface area contributed by atoms with Gasteiger partial charge in [-0.2, -0.15) is 10.4 Å². The summed E-state index contributed by atoms with van der Waals surface area (Å²) in [6.07, 6.45) is 0.896. The Labute approximate surface area is 219 Å². The van der Waals surface area contributed by atoms with Crippen molar-refractivity contribution in [2.45, 2.75) is 45.9 Å². The van der Waals surface area contributed by atoms with E-state index in [4.69, 9.17) is 14.6 Å². The summed E-state index contributed by atoms with van der Waals surface area (Å²) in [6, 6.07) is 9.64. The third-order valence-electron chi connectivity index (χ3n) is 6.33. The van der Waals surface area contributed by atoms with Crippen LogP contribution in [0.2, 0.25) is 0 Å². The predicted molar refractivity (Wildman–Crippen MR) is 135 cm³/mol. The van der Waals surface area contributed by atoms with Gasteiger partial charge in [0.2, 0.25) is 0 Å². The number of anilines is 1. The molecule has 4 heterocycles. The average Bonchev–Trinajstić information content (AvgIpc) is 3.48. The van der Waals surface area contributed by atoms with E-state index in [1.54, 1.807) is 27.0 Å². The number of amides is 2. The van der Waals surface area contributed by atoms with Gasteiger partial charge in [0.1, 0.15) is 11.4 Å². The number of aromatic nitrogens is 3. The first kappa shape index (κ1) is 25.4. The van der Waals surface area contributed by atoms with E-state index in [1.165, 1.54) is 28.9 Å². The highest BCUT2D eigenvalue weighted by atomic mass is 19.1. The number of carbonyl (C=O) groups is 2. The molecular weight excluding hydrogens is 491 g/mol. The van der Waals surface area contributed by atoms with Crippen molar-refractivity contribution < 1.29 is 23.5 Å². The summed E-state index contributed by atoms with van der Waals surface area (Å²) >= 11 is 0. The summed E-state index contributed by atoms with van der Waals surface area (Å²) in [6.45, 7) is 8.79. The largest absolute Gasteiger partial charge is 0.443 e. The van der Waals surface area contributed by atoms with Crippen LogP contribution in [-0.2, 0) is 16.0 Å². The summed E-state index contributed by atoms with van der Waals surface area (Å²) in [4.78, 5) is 34.0. The molecule has 0 saturated carbocycles. The maximum absolute atomic E-state index is 15.0. The molecule has 2 aliphatic heterocycles. The SMILES string of the molecule is C[C@@H]1COCCN1c1ccn(-c2cc(-c3c(F)cccc3C#N)nc3c2C(=O)N(C(=O)OC(C)(C)C)C3)n1. The van der Waals surface area contributed by atoms with Gasteiger partial charge in [0.05, 0.1) is 65.6 Å². The monoisotopic (exact) mass is 518 g/mol. The number of nitrogens with zero attached hydrogens (tertiary/aromatic N) is 6. The first-order valence-corrected chi connectivity index (χ1v) is 12.3. The Morgan fingerprint density at radius 1 is 1.26 bits per heavy atom. The number of hydrogen-bond donors (Lipinski definition) is 0. The number of fused-ring (bicyclic) bond motifs is 1. The second-order valence-corrected chi connectivity index (χ2v) is 10.2. The highest BCUT2D eigenvalue weighted by molar-refractivity contribution is 6.08. The number of rotatable bonds is 3. The molecule has 10 nitrogen and oxygen atoms in total. The van der Waals surface area contributed by atoms with Crippen molar-refractivity contribution in [2.24, 2.45) is 0 Å². The Balaban J connectivity index is 1.64. The van der Waals surface area contributed by atoms with Crippen LogP contribution in [0.3, 0.4) is 0 Å². The Bertz CT molecular complexity index is 1470. The standard InChI is InChI=1S/C27H27FN6O4/c1-16-15-37-11-10-32(16)22-8-9-34(31-22)21-12-19(23-17(13-29)6-5-7-18(23)28)30-20-14-33(25(35)24(20)21)26(36)38-27(2,3)4/h5-9,12,16H,10-11,14-15H2,1-4H3/t16-/m1/s1. The molecule has 0 N–H and O–H groups in total. The lowest BCUT2D eigenvalue weighted by Crippen LogP contribution is -2.44. The highest BCUT2D eigenvalue weighted by Gasteiger charge is 2.39. The number of nitriles is 1. The van der Waals surface area contributed by atoms with Crippen LogP contribution < -0.4 is 4.90 Å². The van der Waals surface area contributed by atoms with E-state index in [0.717, 1.165) is 4.90 Å².